The van der Waals surface area contributed by atoms with Crippen LogP contribution in [0.25, 0.3) is 0 Å². The van der Waals surface area contributed by atoms with Crippen LogP contribution in [0.15, 0.2) is 60.7 Å². The third kappa shape index (κ3) is 4.34. The van der Waals surface area contributed by atoms with Crippen molar-refractivity contribution in [3.05, 3.63) is 66.2 Å². The molecule has 114 valence electrons. The van der Waals surface area contributed by atoms with Crippen LogP contribution >= 0.6 is 0 Å². The molecular weight excluding hydrogens is 278 g/mol. The van der Waals surface area contributed by atoms with Crippen LogP contribution in [0.1, 0.15) is 18.5 Å². The van der Waals surface area contributed by atoms with Gasteiger partial charge in [0.05, 0.1) is 0 Å². The van der Waals surface area contributed by atoms with Gasteiger partial charge in [0.15, 0.2) is 0 Å². The first-order valence-electron chi connectivity index (χ1n) is 7.16. The van der Waals surface area contributed by atoms with E-state index in [0.717, 1.165) is 11.3 Å². The van der Waals surface area contributed by atoms with E-state index in [2.05, 4.69) is 16.0 Å². The van der Waals surface area contributed by atoms with E-state index in [1.807, 2.05) is 60.7 Å². The summed E-state index contributed by atoms with van der Waals surface area (Å²) in [5, 5.41) is 8.05. The second-order valence-corrected chi connectivity index (χ2v) is 4.70. The Labute approximate surface area is 129 Å². The number of hydrogen-bond acceptors (Lipinski definition) is 3. The minimum absolute atomic E-state index is 0.402. The first-order chi connectivity index (χ1) is 10.7. The highest BCUT2D eigenvalue weighted by molar-refractivity contribution is 5.98. The van der Waals surface area contributed by atoms with Gasteiger partial charge < -0.3 is 10.6 Å². The zero-order valence-electron chi connectivity index (χ0n) is 12.4. The number of amides is 3. The molecular formula is C17H19N3O2. The van der Waals surface area contributed by atoms with Gasteiger partial charge in [-0.1, -0.05) is 48.5 Å². The van der Waals surface area contributed by atoms with E-state index in [9.17, 15) is 9.59 Å². The van der Waals surface area contributed by atoms with Crippen LogP contribution in [-0.2, 0) is 4.79 Å². The first-order valence-corrected chi connectivity index (χ1v) is 7.16. The number of benzene rings is 2. The molecule has 0 spiro atoms. The molecule has 2 aromatic rings. The molecule has 5 nitrogen and oxygen atoms in total. The molecule has 0 aliphatic rings. The molecule has 0 aliphatic heterocycles. The summed E-state index contributed by atoms with van der Waals surface area (Å²) < 4.78 is 0. The average Bonchev–Trinajstić information content (AvgIpc) is 2.54. The van der Waals surface area contributed by atoms with Gasteiger partial charge in [0.2, 0.25) is 0 Å². The molecule has 0 radical (unpaired) electrons. The van der Waals surface area contributed by atoms with E-state index in [1.54, 1.807) is 6.92 Å². The number of nitrogens with one attached hydrogen (secondary N) is 3. The number of urea groups is 1. The molecule has 1 atom stereocenters. The van der Waals surface area contributed by atoms with Gasteiger partial charge in [-0.3, -0.25) is 10.1 Å². The quantitative estimate of drug-likeness (QED) is 0.794. The Kier molecular flexibility index (Phi) is 5.54. The molecule has 0 saturated heterocycles. The van der Waals surface area contributed by atoms with E-state index in [4.69, 9.17) is 0 Å². The van der Waals surface area contributed by atoms with Gasteiger partial charge in [0.25, 0.3) is 5.91 Å². The number of carbonyl (C=O) groups is 2. The summed E-state index contributed by atoms with van der Waals surface area (Å²) in [7, 11) is 0. The Balaban J connectivity index is 2.18. The zero-order valence-corrected chi connectivity index (χ0v) is 12.4. The van der Waals surface area contributed by atoms with Crippen molar-refractivity contribution in [3.8, 4) is 0 Å². The maximum absolute atomic E-state index is 12.4. The van der Waals surface area contributed by atoms with Crippen molar-refractivity contribution < 1.29 is 9.59 Å². The Bertz CT molecular complexity index is 614. The van der Waals surface area contributed by atoms with E-state index < -0.39 is 18.0 Å². The maximum Gasteiger partial charge on any atom is 0.321 e. The lowest BCUT2D eigenvalue weighted by molar-refractivity contribution is -0.120. The molecule has 0 fully saturated rings. The van der Waals surface area contributed by atoms with E-state index in [1.165, 1.54) is 0 Å². The monoisotopic (exact) mass is 297 g/mol. The lowest BCUT2D eigenvalue weighted by Crippen LogP contribution is -2.43. The van der Waals surface area contributed by atoms with Crippen molar-refractivity contribution in [3.63, 3.8) is 0 Å². The standard InChI is InChI=1S/C17H19N3O2/c1-2-18-17(22)20-16(21)15(13-9-5-3-6-10-13)19-14-11-7-4-8-12-14/h3-12,15,19H,2H2,1H3,(H2,18,20,21,22)/t15-/m0/s1. The number of carbonyl (C=O) groups excluding carboxylic acids is 2. The average molecular weight is 297 g/mol. The summed E-state index contributed by atoms with van der Waals surface area (Å²) in [5.74, 6) is -0.402. The second-order valence-electron chi connectivity index (χ2n) is 4.70. The fourth-order valence-corrected chi connectivity index (χ4v) is 2.04. The van der Waals surface area contributed by atoms with Crippen molar-refractivity contribution >= 4 is 17.6 Å². The number of imide groups is 1. The molecule has 0 aromatic heterocycles. The van der Waals surface area contributed by atoms with Crippen LogP contribution in [-0.4, -0.2) is 18.5 Å². The SMILES string of the molecule is CCNC(=O)NC(=O)[C@@H](Nc1ccccc1)c1ccccc1. The van der Waals surface area contributed by atoms with Gasteiger partial charge in [0, 0.05) is 12.2 Å². The van der Waals surface area contributed by atoms with Crippen molar-refractivity contribution in [2.24, 2.45) is 0 Å². The fraction of sp³-hybridized carbons (Fsp3) is 0.176. The van der Waals surface area contributed by atoms with E-state index >= 15 is 0 Å². The minimum Gasteiger partial charge on any atom is -0.370 e. The molecule has 0 bridgehead atoms. The van der Waals surface area contributed by atoms with Gasteiger partial charge >= 0.3 is 6.03 Å². The molecule has 2 aromatic carbocycles. The zero-order chi connectivity index (χ0) is 15.8. The van der Waals surface area contributed by atoms with Crippen molar-refractivity contribution in [2.45, 2.75) is 13.0 Å². The highest BCUT2D eigenvalue weighted by Crippen LogP contribution is 2.19. The summed E-state index contributed by atoms with van der Waals surface area (Å²) in [6, 6.07) is 17.5. The molecule has 0 heterocycles. The number of anilines is 1. The smallest absolute Gasteiger partial charge is 0.321 e. The number of hydrogen-bond donors (Lipinski definition) is 3. The molecule has 0 unspecified atom stereocenters. The molecule has 2 rings (SSSR count). The Morgan fingerprint density at radius 1 is 0.955 bits per heavy atom. The molecule has 3 amide bonds. The van der Waals surface area contributed by atoms with Crippen molar-refractivity contribution in [1.82, 2.24) is 10.6 Å². The normalized spacial score (nSPS) is 11.3. The summed E-state index contributed by atoms with van der Waals surface area (Å²) in [6.07, 6.45) is 0. The van der Waals surface area contributed by atoms with Crippen molar-refractivity contribution in [2.75, 3.05) is 11.9 Å². The van der Waals surface area contributed by atoms with Crippen LogP contribution in [0, 0.1) is 0 Å². The fourth-order valence-electron chi connectivity index (χ4n) is 2.04. The van der Waals surface area contributed by atoms with Gasteiger partial charge in [-0.15, -0.1) is 0 Å². The van der Waals surface area contributed by atoms with Crippen LogP contribution in [0.5, 0.6) is 0 Å². The predicted molar refractivity (Wildman–Crippen MR) is 86.5 cm³/mol. The summed E-state index contributed by atoms with van der Waals surface area (Å²) in [5.41, 5.74) is 1.59. The summed E-state index contributed by atoms with van der Waals surface area (Å²) in [6.45, 7) is 2.25. The highest BCUT2D eigenvalue weighted by Gasteiger charge is 2.22. The van der Waals surface area contributed by atoms with Gasteiger partial charge in [0.1, 0.15) is 6.04 Å². The number of para-hydroxylation sites is 1. The van der Waals surface area contributed by atoms with Crippen molar-refractivity contribution in [1.29, 1.82) is 0 Å². The predicted octanol–water partition coefficient (Wildman–Crippen LogP) is 2.69. The Hall–Kier alpha value is -2.82. The third-order valence-corrected chi connectivity index (χ3v) is 3.05. The molecule has 22 heavy (non-hydrogen) atoms. The largest absolute Gasteiger partial charge is 0.370 e. The molecule has 0 aliphatic carbocycles. The topological polar surface area (TPSA) is 70.2 Å². The van der Waals surface area contributed by atoms with Crippen LogP contribution in [0.3, 0.4) is 0 Å². The van der Waals surface area contributed by atoms with Gasteiger partial charge in [-0.25, -0.2) is 4.79 Å². The van der Waals surface area contributed by atoms with Crippen LogP contribution < -0.4 is 16.0 Å². The maximum atomic E-state index is 12.4. The summed E-state index contributed by atoms with van der Waals surface area (Å²) >= 11 is 0. The molecule has 0 saturated carbocycles. The Morgan fingerprint density at radius 2 is 1.55 bits per heavy atom. The van der Waals surface area contributed by atoms with E-state index in [0.29, 0.717) is 6.54 Å². The Morgan fingerprint density at radius 3 is 2.14 bits per heavy atom. The van der Waals surface area contributed by atoms with Gasteiger partial charge in [-0.05, 0) is 24.6 Å². The van der Waals surface area contributed by atoms with Crippen LogP contribution in [0.4, 0.5) is 10.5 Å². The van der Waals surface area contributed by atoms with Crippen LogP contribution in [0.2, 0.25) is 0 Å². The molecule has 5 heteroatoms. The second kappa shape index (κ2) is 7.83. The highest BCUT2D eigenvalue weighted by atomic mass is 16.2. The molecule has 3 N–H and O–H groups in total. The lowest BCUT2D eigenvalue weighted by Gasteiger charge is -2.19. The first kappa shape index (κ1) is 15.6. The minimum atomic E-state index is -0.647. The van der Waals surface area contributed by atoms with Gasteiger partial charge in [-0.2, -0.15) is 0 Å². The third-order valence-electron chi connectivity index (χ3n) is 3.05. The summed E-state index contributed by atoms with van der Waals surface area (Å²) in [4.78, 5) is 24.0. The number of rotatable bonds is 5. The van der Waals surface area contributed by atoms with E-state index in [-0.39, 0.29) is 0 Å². The lowest BCUT2D eigenvalue weighted by atomic mass is 10.1.